The minimum atomic E-state index is 0. The highest BCUT2D eigenvalue weighted by Crippen LogP contribution is 2.28. The Morgan fingerprint density at radius 2 is 2.26 bits per heavy atom. The molecule has 0 saturated carbocycles. The number of halogens is 1. The van der Waals surface area contributed by atoms with Crippen LogP contribution in [0.2, 0.25) is 0 Å². The molecule has 2 rings (SSSR count). The van der Waals surface area contributed by atoms with E-state index >= 15 is 0 Å². The molecule has 1 aliphatic heterocycles. The lowest BCUT2D eigenvalue weighted by Crippen LogP contribution is -2.27. The molecule has 0 aliphatic carbocycles. The molecule has 2 atom stereocenters. The van der Waals surface area contributed by atoms with E-state index < -0.39 is 0 Å². The Morgan fingerprint density at radius 1 is 1.47 bits per heavy atom. The summed E-state index contributed by atoms with van der Waals surface area (Å²) in [7, 11) is 3.76. The number of methoxy groups -OCH3 is 1. The van der Waals surface area contributed by atoms with Crippen LogP contribution in [0.25, 0.3) is 0 Å². The summed E-state index contributed by atoms with van der Waals surface area (Å²) < 4.78 is 5.30. The molecule has 3 nitrogen and oxygen atoms in total. The molecule has 108 valence electrons. The minimum Gasteiger partial charge on any atom is -0.497 e. The molecule has 1 aromatic rings. The zero-order chi connectivity index (χ0) is 13.0. The van der Waals surface area contributed by atoms with Crippen molar-refractivity contribution in [3.63, 3.8) is 0 Å². The first-order chi connectivity index (χ1) is 8.74. The quantitative estimate of drug-likeness (QED) is 0.900. The number of nitrogens with one attached hydrogen (secondary N) is 1. The van der Waals surface area contributed by atoms with Gasteiger partial charge < -0.3 is 10.1 Å². The molecule has 0 amide bonds. The van der Waals surface area contributed by atoms with E-state index in [9.17, 15) is 0 Å². The second-order valence-electron chi connectivity index (χ2n) is 5.16. The van der Waals surface area contributed by atoms with Crippen molar-refractivity contribution >= 4 is 12.4 Å². The van der Waals surface area contributed by atoms with Crippen LogP contribution in [0.4, 0.5) is 0 Å². The van der Waals surface area contributed by atoms with Crippen LogP contribution in [0.15, 0.2) is 24.3 Å². The van der Waals surface area contributed by atoms with Crippen LogP contribution in [0.3, 0.4) is 0 Å². The Morgan fingerprint density at radius 3 is 2.95 bits per heavy atom. The molecule has 19 heavy (non-hydrogen) atoms. The lowest BCUT2D eigenvalue weighted by Gasteiger charge is -2.25. The molecule has 1 aliphatic rings. The first kappa shape index (κ1) is 16.3. The lowest BCUT2D eigenvalue weighted by molar-refractivity contribution is 0.251. The largest absolute Gasteiger partial charge is 0.497 e. The van der Waals surface area contributed by atoms with Crippen LogP contribution in [0.5, 0.6) is 5.75 Å². The Balaban J connectivity index is 0.00000180. The predicted molar refractivity (Wildman–Crippen MR) is 82.3 cm³/mol. The molecule has 1 fully saturated rings. The smallest absolute Gasteiger partial charge is 0.119 e. The fourth-order valence-electron chi connectivity index (χ4n) is 2.78. The second-order valence-corrected chi connectivity index (χ2v) is 5.16. The number of nitrogens with zero attached hydrogens (tertiary/aromatic N) is 1. The fourth-order valence-corrected chi connectivity index (χ4v) is 2.78. The predicted octanol–water partition coefficient (Wildman–Crippen LogP) is 2.72. The maximum absolute atomic E-state index is 5.30. The van der Waals surface area contributed by atoms with Gasteiger partial charge in [0.05, 0.1) is 7.11 Å². The molecule has 0 radical (unpaired) electrons. The SMILES string of the molecule is CNCC1CCN(C(C)c2cccc(OC)c2)C1.Cl. The van der Waals surface area contributed by atoms with Crippen LogP contribution in [0.1, 0.15) is 24.9 Å². The van der Waals surface area contributed by atoms with Gasteiger partial charge in [0.15, 0.2) is 0 Å². The minimum absolute atomic E-state index is 0. The maximum Gasteiger partial charge on any atom is 0.119 e. The van der Waals surface area contributed by atoms with Gasteiger partial charge in [0.1, 0.15) is 5.75 Å². The van der Waals surface area contributed by atoms with Gasteiger partial charge in [-0.3, -0.25) is 4.90 Å². The van der Waals surface area contributed by atoms with Crippen LogP contribution in [-0.2, 0) is 0 Å². The number of rotatable bonds is 5. The molecule has 1 heterocycles. The van der Waals surface area contributed by atoms with Crippen molar-refractivity contribution in [2.24, 2.45) is 5.92 Å². The highest BCUT2D eigenvalue weighted by atomic mass is 35.5. The van der Waals surface area contributed by atoms with Gasteiger partial charge >= 0.3 is 0 Å². The van der Waals surface area contributed by atoms with Crippen molar-refractivity contribution in [3.05, 3.63) is 29.8 Å². The third kappa shape index (κ3) is 4.10. The van der Waals surface area contributed by atoms with E-state index in [1.54, 1.807) is 7.11 Å². The molecule has 1 aromatic carbocycles. The monoisotopic (exact) mass is 284 g/mol. The Kier molecular flexibility index (Phi) is 6.63. The topological polar surface area (TPSA) is 24.5 Å². The molecule has 4 heteroatoms. The van der Waals surface area contributed by atoms with Gasteiger partial charge in [-0.05, 0) is 57.1 Å². The van der Waals surface area contributed by atoms with E-state index in [0.717, 1.165) is 18.2 Å². The van der Waals surface area contributed by atoms with Gasteiger partial charge in [-0.15, -0.1) is 12.4 Å². The van der Waals surface area contributed by atoms with Gasteiger partial charge in [0, 0.05) is 12.6 Å². The molecular weight excluding hydrogens is 260 g/mol. The highest BCUT2D eigenvalue weighted by Gasteiger charge is 2.26. The van der Waals surface area contributed by atoms with Crippen molar-refractivity contribution < 1.29 is 4.74 Å². The van der Waals surface area contributed by atoms with Gasteiger partial charge in [-0.25, -0.2) is 0 Å². The fraction of sp³-hybridized carbons (Fsp3) is 0.600. The number of likely N-dealkylation sites (tertiary alicyclic amines) is 1. The third-order valence-corrected chi connectivity index (χ3v) is 3.93. The first-order valence-corrected chi connectivity index (χ1v) is 6.77. The Bertz CT molecular complexity index is 386. The molecule has 0 aromatic heterocycles. The zero-order valence-electron chi connectivity index (χ0n) is 12.1. The number of ether oxygens (including phenoxy) is 1. The van der Waals surface area contributed by atoms with Crippen molar-refractivity contribution in [1.82, 2.24) is 10.2 Å². The van der Waals surface area contributed by atoms with E-state index in [1.807, 2.05) is 13.1 Å². The summed E-state index contributed by atoms with van der Waals surface area (Å²) in [6, 6.07) is 8.90. The molecule has 1 saturated heterocycles. The van der Waals surface area contributed by atoms with Gasteiger partial charge in [0.2, 0.25) is 0 Å². The van der Waals surface area contributed by atoms with Crippen LogP contribution < -0.4 is 10.1 Å². The summed E-state index contributed by atoms with van der Waals surface area (Å²) in [4.78, 5) is 2.57. The summed E-state index contributed by atoms with van der Waals surface area (Å²) in [6.45, 7) is 5.81. The van der Waals surface area contributed by atoms with Gasteiger partial charge in [-0.2, -0.15) is 0 Å². The molecule has 0 bridgehead atoms. The second kappa shape index (κ2) is 7.73. The number of benzene rings is 1. The molecule has 0 spiro atoms. The number of hydrogen-bond donors (Lipinski definition) is 1. The average molecular weight is 285 g/mol. The van der Waals surface area contributed by atoms with E-state index in [-0.39, 0.29) is 12.4 Å². The standard InChI is InChI=1S/C15H24N2O.ClH/c1-12(14-5-4-6-15(9-14)18-3)17-8-7-13(11-17)10-16-2;/h4-6,9,12-13,16H,7-8,10-11H2,1-3H3;1H. The maximum atomic E-state index is 5.30. The first-order valence-electron chi connectivity index (χ1n) is 6.77. The van der Waals surface area contributed by atoms with Crippen molar-refractivity contribution in [3.8, 4) is 5.75 Å². The Hall–Kier alpha value is -0.770. The average Bonchev–Trinajstić information content (AvgIpc) is 2.87. The van der Waals surface area contributed by atoms with Crippen molar-refractivity contribution in [2.45, 2.75) is 19.4 Å². The Labute approximate surface area is 122 Å². The lowest BCUT2D eigenvalue weighted by atomic mass is 10.1. The molecule has 1 N–H and O–H groups in total. The van der Waals surface area contributed by atoms with Crippen LogP contribution >= 0.6 is 12.4 Å². The van der Waals surface area contributed by atoms with Crippen molar-refractivity contribution in [2.75, 3.05) is 33.8 Å². The molecule has 2 unspecified atom stereocenters. The van der Waals surface area contributed by atoms with Crippen LogP contribution in [-0.4, -0.2) is 38.7 Å². The van der Waals surface area contributed by atoms with E-state index in [4.69, 9.17) is 4.74 Å². The van der Waals surface area contributed by atoms with E-state index in [2.05, 4.69) is 35.3 Å². The zero-order valence-corrected chi connectivity index (χ0v) is 12.9. The van der Waals surface area contributed by atoms with Crippen LogP contribution in [0, 0.1) is 5.92 Å². The summed E-state index contributed by atoms with van der Waals surface area (Å²) in [5.41, 5.74) is 1.35. The van der Waals surface area contributed by atoms with E-state index in [0.29, 0.717) is 6.04 Å². The summed E-state index contributed by atoms with van der Waals surface area (Å²) in [5.74, 6) is 1.74. The molecular formula is C15H25ClN2O. The summed E-state index contributed by atoms with van der Waals surface area (Å²) in [6.07, 6.45) is 1.30. The van der Waals surface area contributed by atoms with Gasteiger partial charge in [0.25, 0.3) is 0 Å². The van der Waals surface area contributed by atoms with Gasteiger partial charge in [-0.1, -0.05) is 12.1 Å². The highest BCUT2D eigenvalue weighted by molar-refractivity contribution is 5.85. The number of hydrogen-bond acceptors (Lipinski definition) is 3. The van der Waals surface area contributed by atoms with Crippen molar-refractivity contribution in [1.29, 1.82) is 0 Å². The summed E-state index contributed by atoms with van der Waals surface area (Å²) in [5, 5.41) is 3.28. The summed E-state index contributed by atoms with van der Waals surface area (Å²) >= 11 is 0. The third-order valence-electron chi connectivity index (χ3n) is 3.93. The van der Waals surface area contributed by atoms with E-state index in [1.165, 1.54) is 25.1 Å². The normalized spacial score (nSPS) is 20.9.